The molecule has 0 fully saturated rings. The number of benzene rings is 1. The van der Waals surface area contributed by atoms with E-state index in [0.717, 1.165) is 31.0 Å². The van der Waals surface area contributed by atoms with E-state index in [1.165, 1.54) is 5.56 Å². The molecule has 0 aliphatic carbocycles. The molecule has 1 rings (SSSR count). The number of ether oxygens (including phenoxy) is 1. The van der Waals surface area contributed by atoms with Crippen molar-refractivity contribution < 1.29 is 4.74 Å². The van der Waals surface area contributed by atoms with Crippen molar-refractivity contribution >= 4 is 11.6 Å². The van der Waals surface area contributed by atoms with Gasteiger partial charge in [-0.05, 0) is 56.8 Å². The average molecular weight is 284 g/mol. The Balaban J connectivity index is 2.71. The van der Waals surface area contributed by atoms with E-state index in [2.05, 4.69) is 38.2 Å². The maximum Gasteiger partial charge on any atom is 0.0623 e. The van der Waals surface area contributed by atoms with Gasteiger partial charge in [-0.25, -0.2) is 0 Å². The molecule has 0 saturated heterocycles. The highest BCUT2D eigenvalue weighted by molar-refractivity contribution is 6.30. The zero-order valence-electron chi connectivity index (χ0n) is 12.5. The van der Waals surface area contributed by atoms with Gasteiger partial charge in [0.25, 0.3) is 0 Å². The van der Waals surface area contributed by atoms with Crippen molar-refractivity contribution in [3.05, 3.63) is 34.9 Å². The summed E-state index contributed by atoms with van der Waals surface area (Å²) in [7, 11) is 1.78. The summed E-state index contributed by atoms with van der Waals surface area (Å²) in [5, 5.41) is 4.25. The number of hydrogen-bond acceptors (Lipinski definition) is 2. The first-order valence-corrected chi connectivity index (χ1v) is 7.37. The molecule has 0 bridgehead atoms. The van der Waals surface area contributed by atoms with E-state index in [9.17, 15) is 0 Å². The molecule has 0 heterocycles. The van der Waals surface area contributed by atoms with Crippen molar-refractivity contribution in [2.75, 3.05) is 20.2 Å². The molecule has 0 aliphatic rings. The minimum atomic E-state index is -0.0664. The lowest BCUT2D eigenvalue weighted by molar-refractivity contribution is 0.0124. The lowest BCUT2D eigenvalue weighted by atomic mass is 9.89. The standard InChI is InChI=1S/C16H26ClNO/c1-5-18-12-14(9-10-16(2,3)19-4)13-7-6-8-15(17)11-13/h6-8,11,14,18H,5,9-10,12H2,1-4H3. The Hall–Kier alpha value is -0.570. The van der Waals surface area contributed by atoms with Crippen LogP contribution in [-0.4, -0.2) is 25.8 Å². The molecule has 1 aromatic carbocycles. The topological polar surface area (TPSA) is 21.3 Å². The zero-order chi connectivity index (χ0) is 14.3. The Kier molecular flexibility index (Phi) is 6.84. The lowest BCUT2D eigenvalue weighted by Crippen LogP contribution is -2.26. The zero-order valence-corrected chi connectivity index (χ0v) is 13.3. The molecule has 108 valence electrons. The van der Waals surface area contributed by atoms with E-state index in [-0.39, 0.29) is 5.60 Å². The molecular weight excluding hydrogens is 258 g/mol. The van der Waals surface area contributed by atoms with Crippen LogP contribution in [0, 0.1) is 0 Å². The Morgan fingerprint density at radius 2 is 2.11 bits per heavy atom. The molecule has 0 spiro atoms. The third kappa shape index (κ3) is 5.94. The summed E-state index contributed by atoms with van der Waals surface area (Å²) in [6.45, 7) is 8.38. The average Bonchev–Trinajstić information content (AvgIpc) is 2.39. The van der Waals surface area contributed by atoms with Gasteiger partial charge >= 0.3 is 0 Å². The minimum absolute atomic E-state index is 0.0664. The fraction of sp³-hybridized carbons (Fsp3) is 0.625. The maximum absolute atomic E-state index is 6.10. The van der Waals surface area contributed by atoms with Crippen LogP contribution in [0.15, 0.2) is 24.3 Å². The highest BCUT2D eigenvalue weighted by atomic mass is 35.5. The van der Waals surface area contributed by atoms with Crippen molar-refractivity contribution in [1.29, 1.82) is 0 Å². The molecule has 0 aromatic heterocycles. The molecule has 0 amide bonds. The highest BCUT2D eigenvalue weighted by Gasteiger charge is 2.20. The number of halogens is 1. The fourth-order valence-electron chi connectivity index (χ4n) is 2.09. The molecule has 2 nitrogen and oxygen atoms in total. The van der Waals surface area contributed by atoms with E-state index in [4.69, 9.17) is 16.3 Å². The van der Waals surface area contributed by atoms with Gasteiger partial charge in [0.1, 0.15) is 0 Å². The molecule has 1 aromatic rings. The Labute approximate surface area is 122 Å². The summed E-state index contributed by atoms with van der Waals surface area (Å²) in [4.78, 5) is 0. The Morgan fingerprint density at radius 1 is 1.37 bits per heavy atom. The molecule has 3 heteroatoms. The molecule has 0 aliphatic heterocycles. The van der Waals surface area contributed by atoms with Gasteiger partial charge in [-0.15, -0.1) is 0 Å². The quantitative estimate of drug-likeness (QED) is 0.770. The van der Waals surface area contributed by atoms with Crippen LogP contribution in [-0.2, 0) is 4.74 Å². The number of methoxy groups -OCH3 is 1. The maximum atomic E-state index is 6.10. The number of hydrogen-bond donors (Lipinski definition) is 1. The van der Waals surface area contributed by atoms with Gasteiger partial charge in [-0.1, -0.05) is 30.7 Å². The SMILES string of the molecule is CCNCC(CCC(C)(C)OC)c1cccc(Cl)c1. The first kappa shape index (κ1) is 16.5. The van der Waals surface area contributed by atoms with Gasteiger partial charge in [-0.3, -0.25) is 0 Å². The van der Waals surface area contributed by atoms with Gasteiger partial charge in [-0.2, -0.15) is 0 Å². The monoisotopic (exact) mass is 283 g/mol. The second kappa shape index (κ2) is 7.88. The third-order valence-corrected chi connectivity index (χ3v) is 3.84. The Morgan fingerprint density at radius 3 is 2.68 bits per heavy atom. The van der Waals surface area contributed by atoms with Crippen LogP contribution < -0.4 is 5.32 Å². The molecular formula is C16H26ClNO. The van der Waals surface area contributed by atoms with Crippen LogP contribution in [0.25, 0.3) is 0 Å². The van der Waals surface area contributed by atoms with E-state index in [1.807, 2.05) is 12.1 Å². The first-order chi connectivity index (χ1) is 8.98. The van der Waals surface area contributed by atoms with Crippen molar-refractivity contribution in [2.24, 2.45) is 0 Å². The van der Waals surface area contributed by atoms with Crippen LogP contribution in [0.4, 0.5) is 0 Å². The smallest absolute Gasteiger partial charge is 0.0623 e. The summed E-state index contributed by atoms with van der Waals surface area (Å²) in [5.74, 6) is 0.480. The van der Waals surface area contributed by atoms with Crippen LogP contribution >= 0.6 is 11.6 Å². The Bertz CT molecular complexity index is 379. The summed E-state index contributed by atoms with van der Waals surface area (Å²) in [5.41, 5.74) is 1.24. The molecule has 1 atom stereocenters. The van der Waals surface area contributed by atoms with Crippen molar-refractivity contribution in [1.82, 2.24) is 5.32 Å². The van der Waals surface area contributed by atoms with Crippen molar-refractivity contribution in [3.63, 3.8) is 0 Å². The van der Waals surface area contributed by atoms with Gasteiger partial charge in [0, 0.05) is 18.7 Å². The van der Waals surface area contributed by atoms with Gasteiger partial charge < -0.3 is 10.1 Å². The lowest BCUT2D eigenvalue weighted by Gasteiger charge is -2.26. The van der Waals surface area contributed by atoms with E-state index >= 15 is 0 Å². The minimum Gasteiger partial charge on any atom is -0.379 e. The van der Waals surface area contributed by atoms with E-state index in [1.54, 1.807) is 7.11 Å². The van der Waals surface area contributed by atoms with Crippen molar-refractivity contribution in [3.8, 4) is 0 Å². The summed E-state index contributed by atoms with van der Waals surface area (Å²) in [6, 6.07) is 8.18. The second-order valence-corrected chi connectivity index (χ2v) is 6.00. The van der Waals surface area contributed by atoms with Crippen LogP contribution in [0.2, 0.25) is 5.02 Å². The van der Waals surface area contributed by atoms with Crippen LogP contribution in [0.1, 0.15) is 45.1 Å². The fourth-order valence-corrected chi connectivity index (χ4v) is 2.29. The molecule has 0 radical (unpaired) electrons. The molecule has 19 heavy (non-hydrogen) atoms. The third-order valence-electron chi connectivity index (χ3n) is 3.61. The van der Waals surface area contributed by atoms with Crippen LogP contribution in [0.5, 0.6) is 0 Å². The summed E-state index contributed by atoms with van der Waals surface area (Å²) < 4.78 is 5.51. The number of rotatable bonds is 8. The highest BCUT2D eigenvalue weighted by Crippen LogP contribution is 2.27. The number of nitrogens with one attached hydrogen (secondary N) is 1. The second-order valence-electron chi connectivity index (χ2n) is 5.56. The first-order valence-electron chi connectivity index (χ1n) is 7.00. The largest absolute Gasteiger partial charge is 0.379 e. The van der Waals surface area contributed by atoms with Crippen LogP contribution in [0.3, 0.4) is 0 Å². The van der Waals surface area contributed by atoms with E-state index in [0.29, 0.717) is 5.92 Å². The van der Waals surface area contributed by atoms with Gasteiger partial charge in [0.2, 0.25) is 0 Å². The molecule has 1 N–H and O–H groups in total. The molecule has 1 unspecified atom stereocenters. The molecule has 0 saturated carbocycles. The number of likely N-dealkylation sites (N-methyl/N-ethyl adjacent to an activating group) is 1. The predicted octanol–water partition coefficient (Wildman–Crippen LogP) is 4.24. The van der Waals surface area contributed by atoms with Crippen molar-refractivity contribution in [2.45, 2.75) is 45.1 Å². The van der Waals surface area contributed by atoms with Gasteiger partial charge in [0.05, 0.1) is 5.60 Å². The predicted molar refractivity (Wildman–Crippen MR) is 83.1 cm³/mol. The normalized spacial score (nSPS) is 13.5. The van der Waals surface area contributed by atoms with E-state index < -0.39 is 0 Å². The summed E-state index contributed by atoms with van der Waals surface area (Å²) >= 11 is 6.10. The van der Waals surface area contributed by atoms with Gasteiger partial charge in [0.15, 0.2) is 0 Å². The summed E-state index contributed by atoms with van der Waals surface area (Å²) in [6.07, 6.45) is 2.13.